The van der Waals surface area contributed by atoms with Crippen LogP contribution in [0.3, 0.4) is 0 Å². The molecule has 0 spiro atoms. The van der Waals surface area contributed by atoms with E-state index in [0.29, 0.717) is 0 Å². The Hall–Kier alpha value is 0.177. The number of unbranched alkanes of at least 4 members (excludes halogenated alkanes) is 1. The lowest BCUT2D eigenvalue weighted by Crippen LogP contribution is -3.12. The molecule has 1 N–H and O–H groups in total. The van der Waals surface area contributed by atoms with E-state index in [1.165, 1.54) is 51.4 Å². The van der Waals surface area contributed by atoms with Crippen molar-refractivity contribution in [3.63, 3.8) is 0 Å². The topological polar surface area (TPSA) is 4.44 Å². The van der Waals surface area contributed by atoms with Crippen LogP contribution in [0.2, 0.25) is 25.7 Å². The quantitative estimate of drug-likeness (QED) is 0.459. The Bertz CT molecular complexity index is 134. The van der Waals surface area contributed by atoms with E-state index in [0.717, 1.165) is 0 Å². The summed E-state index contributed by atoms with van der Waals surface area (Å²) in [5, 5.41) is 0. The molecule has 0 aliphatic rings. The van der Waals surface area contributed by atoms with Crippen molar-refractivity contribution in [3.8, 4) is 0 Å². The van der Waals surface area contributed by atoms with Crippen LogP contribution in [-0.2, 0) is 0 Å². The highest BCUT2D eigenvalue weighted by atomic mass is 28.3. The van der Waals surface area contributed by atoms with Gasteiger partial charge < -0.3 is 4.90 Å². The van der Waals surface area contributed by atoms with Gasteiger partial charge in [0, 0.05) is 8.07 Å². The van der Waals surface area contributed by atoms with Crippen molar-refractivity contribution in [3.05, 3.63) is 0 Å². The van der Waals surface area contributed by atoms with Crippen molar-refractivity contribution in [2.45, 2.75) is 65.2 Å². The average molecular weight is 230 g/mol. The number of quaternary nitrogens is 1. The molecule has 0 saturated carbocycles. The summed E-state index contributed by atoms with van der Waals surface area (Å²) in [5.74, 6) is 0. The molecule has 0 rings (SSSR count). The lowest BCUT2D eigenvalue weighted by Gasteiger charge is -2.19. The summed E-state index contributed by atoms with van der Waals surface area (Å²) >= 11 is 0. The van der Waals surface area contributed by atoms with Crippen LogP contribution >= 0.6 is 0 Å². The molecule has 0 heterocycles. The van der Waals surface area contributed by atoms with Crippen LogP contribution in [0.1, 0.15) is 39.5 Å². The molecule has 2 heteroatoms. The molecule has 0 atom stereocenters. The summed E-state index contributed by atoms with van der Waals surface area (Å²) in [7, 11) is -0.775. The van der Waals surface area contributed by atoms with Gasteiger partial charge in [-0.25, -0.2) is 0 Å². The highest BCUT2D eigenvalue weighted by Crippen LogP contribution is 2.11. The third-order valence-electron chi connectivity index (χ3n) is 2.91. The van der Waals surface area contributed by atoms with Gasteiger partial charge in [-0.05, 0) is 19.3 Å². The van der Waals surface area contributed by atoms with E-state index in [9.17, 15) is 0 Å². The molecule has 0 fully saturated rings. The van der Waals surface area contributed by atoms with Gasteiger partial charge in [-0.1, -0.05) is 46.0 Å². The molecule has 0 aliphatic carbocycles. The predicted molar refractivity (Wildman–Crippen MR) is 73.5 cm³/mol. The lowest BCUT2D eigenvalue weighted by molar-refractivity contribution is -0.900. The van der Waals surface area contributed by atoms with Crippen LogP contribution in [0.25, 0.3) is 0 Å². The van der Waals surface area contributed by atoms with Crippen LogP contribution in [0.4, 0.5) is 0 Å². The van der Waals surface area contributed by atoms with Gasteiger partial charge in [-0.3, -0.25) is 0 Å². The van der Waals surface area contributed by atoms with Gasteiger partial charge in [0.25, 0.3) is 0 Å². The normalized spacial score (nSPS) is 12.4. The van der Waals surface area contributed by atoms with Crippen molar-refractivity contribution < 1.29 is 4.90 Å². The highest BCUT2D eigenvalue weighted by molar-refractivity contribution is 6.76. The minimum absolute atomic E-state index is 0.775. The molecule has 0 radical (unpaired) electrons. The third-order valence-corrected chi connectivity index (χ3v) is 4.77. The fourth-order valence-electron chi connectivity index (χ4n) is 2.11. The summed E-state index contributed by atoms with van der Waals surface area (Å²) in [6.45, 7) is 16.2. The maximum Gasteiger partial charge on any atom is 0.0770 e. The first-order chi connectivity index (χ1) is 6.99. The lowest BCUT2D eigenvalue weighted by atomic mass is 10.3. The Morgan fingerprint density at radius 2 is 1.33 bits per heavy atom. The Morgan fingerprint density at radius 3 is 1.73 bits per heavy atom. The molecule has 92 valence electrons. The zero-order valence-electron chi connectivity index (χ0n) is 11.7. The second-order valence-electron chi connectivity index (χ2n) is 6.02. The van der Waals surface area contributed by atoms with Gasteiger partial charge in [-0.15, -0.1) is 0 Å². The van der Waals surface area contributed by atoms with Crippen molar-refractivity contribution in [2.75, 3.05) is 19.6 Å². The summed E-state index contributed by atoms with van der Waals surface area (Å²) in [6.07, 6.45) is 5.58. The van der Waals surface area contributed by atoms with E-state index in [1.54, 1.807) is 0 Å². The second-order valence-corrected chi connectivity index (χ2v) is 11.6. The number of hydrogen-bond acceptors (Lipinski definition) is 0. The van der Waals surface area contributed by atoms with Gasteiger partial charge >= 0.3 is 0 Å². The van der Waals surface area contributed by atoms with Gasteiger partial charge in [0.15, 0.2) is 0 Å². The third kappa shape index (κ3) is 10.5. The zero-order chi connectivity index (χ0) is 11.7. The van der Waals surface area contributed by atoms with Gasteiger partial charge in [0.2, 0.25) is 0 Å². The number of hydrogen-bond donors (Lipinski definition) is 1. The molecule has 0 aromatic carbocycles. The first-order valence-corrected chi connectivity index (χ1v) is 10.5. The van der Waals surface area contributed by atoms with Gasteiger partial charge in [0.05, 0.1) is 19.6 Å². The fourth-order valence-corrected chi connectivity index (χ4v) is 3.42. The molecular weight excluding hydrogens is 198 g/mol. The largest absolute Gasteiger partial charge is 0.335 e. The minimum atomic E-state index is -0.775. The van der Waals surface area contributed by atoms with E-state index >= 15 is 0 Å². The fraction of sp³-hybridized carbons (Fsp3) is 1.00. The maximum absolute atomic E-state index is 2.48. The van der Waals surface area contributed by atoms with Crippen molar-refractivity contribution in [1.29, 1.82) is 0 Å². The Morgan fingerprint density at radius 1 is 0.800 bits per heavy atom. The van der Waals surface area contributed by atoms with E-state index in [4.69, 9.17) is 0 Å². The maximum atomic E-state index is 2.48. The van der Waals surface area contributed by atoms with Crippen molar-refractivity contribution >= 4 is 8.07 Å². The van der Waals surface area contributed by atoms with Crippen LogP contribution in [-0.4, -0.2) is 27.7 Å². The van der Waals surface area contributed by atoms with E-state index in [-0.39, 0.29) is 0 Å². The monoisotopic (exact) mass is 230 g/mol. The average Bonchev–Trinajstić information content (AvgIpc) is 2.11. The second kappa shape index (κ2) is 8.34. The zero-order valence-corrected chi connectivity index (χ0v) is 12.7. The molecule has 0 aliphatic heterocycles. The van der Waals surface area contributed by atoms with Crippen LogP contribution in [0, 0.1) is 0 Å². The minimum Gasteiger partial charge on any atom is -0.335 e. The summed E-state index contributed by atoms with van der Waals surface area (Å²) in [5.41, 5.74) is 0. The Balaban J connectivity index is 3.52. The molecule has 1 nitrogen and oxygen atoms in total. The number of rotatable bonds is 9. The van der Waals surface area contributed by atoms with E-state index in [2.05, 4.69) is 33.5 Å². The molecule has 0 bridgehead atoms. The molecular formula is C13H32NSi+. The molecule has 0 saturated heterocycles. The summed E-state index contributed by atoms with van der Waals surface area (Å²) in [4.78, 5) is 1.83. The Labute approximate surface area is 98.3 Å². The van der Waals surface area contributed by atoms with Gasteiger partial charge in [-0.2, -0.15) is 0 Å². The molecule has 15 heavy (non-hydrogen) atoms. The van der Waals surface area contributed by atoms with Crippen molar-refractivity contribution in [1.82, 2.24) is 0 Å². The van der Waals surface area contributed by atoms with Gasteiger partial charge in [0.1, 0.15) is 0 Å². The summed E-state index contributed by atoms with van der Waals surface area (Å²) in [6, 6.07) is 1.51. The molecule has 0 aromatic rings. The SMILES string of the molecule is CCC[NH+](CCC)CCCC[Si](C)(C)C. The molecule has 0 amide bonds. The molecule has 0 aromatic heterocycles. The molecule has 0 unspecified atom stereocenters. The van der Waals surface area contributed by atoms with Crippen LogP contribution < -0.4 is 4.90 Å². The Kier molecular flexibility index (Phi) is 8.44. The van der Waals surface area contributed by atoms with Crippen LogP contribution in [0.5, 0.6) is 0 Å². The van der Waals surface area contributed by atoms with Crippen molar-refractivity contribution in [2.24, 2.45) is 0 Å². The van der Waals surface area contributed by atoms with E-state index in [1.807, 2.05) is 4.90 Å². The highest BCUT2D eigenvalue weighted by Gasteiger charge is 2.12. The van der Waals surface area contributed by atoms with Crippen LogP contribution in [0.15, 0.2) is 0 Å². The standard InChI is InChI=1S/C13H31NSi/c1-6-10-14(11-7-2)12-8-9-13-15(3,4)5/h6-13H2,1-5H3/p+1. The summed E-state index contributed by atoms with van der Waals surface area (Å²) < 4.78 is 0. The smallest absolute Gasteiger partial charge is 0.0770 e. The first kappa shape index (κ1) is 15.2. The predicted octanol–water partition coefficient (Wildman–Crippen LogP) is 2.81. The first-order valence-electron chi connectivity index (χ1n) is 6.83. The number of nitrogens with one attached hydrogen (secondary N) is 1. The van der Waals surface area contributed by atoms with E-state index < -0.39 is 8.07 Å².